The van der Waals surface area contributed by atoms with Gasteiger partial charge in [0.15, 0.2) is 0 Å². The number of carbonyl (C=O) groups is 2. The molecule has 0 radical (unpaired) electrons. The predicted octanol–water partition coefficient (Wildman–Crippen LogP) is 2.39. The van der Waals surface area contributed by atoms with E-state index in [4.69, 9.17) is 16.3 Å². The standard InChI is InChI=1S/C18H19ClN2O6S/c1-21(11-17(22)20-13-5-4-6-14(10-13)26-2)28(24,25)16-9-12(18(23)27-3)7-8-15(16)19/h4-10H,11H2,1-3H3,(H,20,22). The molecule has 150 valence electrons. The van der Waals surface area contributed by atoms with E-state index in [0.29, 0.717) is 11.4 Å². The van der Waals surface area contributed by atoms with Gasteiger partial charge >= 0.3 is 5.97 Å². The van der Waals surface area contributed by atoms with Gasteiger partial charge in [-0.15, -0.1) is 0 Å². The fourth-order valence-corrected chi connectivity index (χ4v) is 3.93. The number of halogens is 1. The third-order valence-corrected chi connectivity index (χ3v) is 6.05. The minimum atomic E-state index is -4.13. The van der Waals surface area contributed by atoms with E-state index in [-0.39, 0.29) is 15.5 Å². The summed E-state index contributed by atoms with van der Waals surface area (Å²) in [5.74, 6) is -0.712. The number of hydrogen-bond donors (Lipinski definition) is 1. The lowest BCUT2D eigenvalue weighted by atomic mass is 10.2. The summed E-state index contributed by atoms with van der Waals surface area (Å²) in [7, 11) is -0.214. The van der Waals surface area contributed by atoms with Crippen LogP contribution in [0.1, 0.15) is 10.4 Å². The van der Waals surface area contributed by atoms with Crippen molar-refractivity contribution in [2.24, 2.45) is 0 Å². The molecule has 0 unspecified atom stereocenters. The average Bonchev–Trinajstić information content (AvgIpc) is 2.67. The van der Waals surface area contributed by atoms with Gasteiger partial charge in [0.25, 0.3) is 0 Å². The quantitative estimate of drug-likeness (QED) is 0.682. The first-order valence-corrected chi connectivity index (χ1v) is 9.79. The van der Waals surface area contributed by atoms with Crippen molar-refractivity contribution in [3.8, 4) is 5.75 Å². The van der Waals surface area contributed by atoms with Crippen molar-refractivity contribution < 1.29 is 27.5 Å². The molecule has 0 heterocycles. The normalized spacial score (nSPS) is 11.2. The Kier molecular flexibility index (Phi) is 7.00. The van der Waals surface area contributed by atoms with Crippen molar-refractivity contribution >= 4 is 39.2 Å². The first-order chi connectivity index (χ1) is 13.2. The molecule has 2 rings (SSSR count). The fourth-order valence-electron chi connectivity index (χ4n) is 2.30. The lowest BCUT2D eigenvalue weighted by molar-refractivity contribution is -0.116. The Balaban J connectivity index is 2.19. The average molecular weight is 427 g/mol. The van der Waals surface area contributed by atoms with E-state index in [2.05, 4.69) is 10.1 Å². The van der Waals surface area contributed by atoms with E-state index >= 15 is 0 Å². The second kappa shape index (κ2) is 9.05. The summed E-state index contributed by atoms with van der Waals surface area (Å²) in [6, 6.07) is 10.4. The lowest BCUT2D eigenvalue weighted by Gasteiger charge is -2.18. The summed E-state index contributed by atoms with van der Waals surface area (Å²) in [4.78, 5) is 23.6. The van der Waals surface area contributed by atoms with Crippen LogP contribution in [0.25, 0.3) is 0 Å². The molecule has 1 N–H and O–H groups in total. The second-order valence-corrected chi connectivity index (χ2v) is 8.10. The summed E-state index contributed by atoms with van der Waals surface area (Å²) < 4.78 is 36.1. The van der Waals surface area contributed by atoms with Crippen LogP contribution in [0.2, 0.25) is 5.02 Å². The van der Waals surface area contributed by atoms with Crippen molar-refractivity contribution in [1.29, 1.82) is 0 Å². The molecule has 0 fully saturated rings. The highest BCUT2D eigenvalue weighted by Crippen LogP contribution is 2.26. The molecule has 1 amide bonds. The Morgan fingerprint density at radius 2 is 1.86 bits per heavy atom. The number of anilines is 1. The van der Waals surface area contributed by atoms with Gasteiger partial charge in [-0.25, -0.2) is 13.2 Å². The van der Waals surface area contributed by atoms with Crippen LogP contribution in [0.3, 0.4) is 0 Å². The highest BCUT2D eigenvalue weighted by atomic mass is 35.5. The zero-order valence-electron chi connectivity index (χ0n) is 15.4. The number of benzene rings is 2. The number of hydrogen-bond acceptors (Lipinski definition) is 6. The van der Waals surface area contributed by atoms with Crippen LogP contribution >= 0.6 is 11.6 Å². The van der Waals surface area contributed by atoms with Gasteiger partial charge < -0.3 is 14.8 Å². The van der Waals surface area contributed by atoms with Crippen LogP contribution < -0.4 is 10.1 Å². The molecule has 8 nitrogen and oxygen atoms in total. The Bertz CT molecular complexity index is 993. The monoisotopic (exact) mass is 426 g/mol. The number of sulfonamides is 1. The summed E-state index contributed by atoms with van der Waals surface area (Å²) >= 11 is 6.00. The van der Waals surface area contributed by atoms with Crippen molar-refractivity contribution in [1.82, 2.24) is 4.31 Å². The Hall–Kier alpha value is -2.62. The Labute approximate surface area is 168 Å². The smallest absolute Gasteiger partial charge is 0.337 e. The van der Waals surface area contributed by atoms with Crippen LogP contribution in [0.5, 0.6) is 5.75 Å². The molecule has 0 atom stereocenters. The number of methoxy groups -OCH3 is 2. The van der Waals surface area contributed by atoms with Gasteiger partial charge in [-0.3, -0.25) is 4.79 Å². The molecule has 0 aliphatic carbocycles. The Morgan fingerprint density at radius 3 is 2.50 bits per heavy atom. The van der Waals surface area contributed by atoms with Gasteiger partial charge in [0.05, 0.1) is 31.4 Å². The molecule has 0 saturated carbocycles. The molecule has 0 aliphatic heterocycles. The number of carbonyl (C=O) groups excluding carboxylic acids is 2. The maximum atomic E-state index is 12.8. The number of esters is 1. The van der Waals surface area contributed by atoms with Crippen LogP contribution in [-0.4, -0.2) is 52.4 Å². The number of ether oxygens (including phenoxy) is 2. The van der Waals surface area contributed by atoms with Gasteiger partial charge in [-0.1, -0.05) is 17.7 Å². The topological polar surface area (TPSA) is 102 Å². The molecule has 10 heteroatoms. The number of nitrogens with zero attached hydrogens (tertiary/aromatic N) is 1. The van der Waals surface area contributed by atoms with Gasteiger partial charge in [0.1, 0.15) is 10.6 Å². The Morgan fingerprint density at radius 1 is 1.14 bits per heavy atom. The molecular weight excluding hydrogens is 408 g/mol. The molecule has 2 aromatic carbocycles. The molecule has 0 saturated heterocycles. The van der Waals surface area contributed by atoms with Crippen LogP contribution in [0.4, 0.5) is 5.69 Å². The molecule has 0 bridgehead atoms. The van der Waals surface area contributed by atoms with E-state index in [0.717, 1.165) is 10.4 Å². The first kappa shape index (κ1) is 21.7. The van der Waals surface area contributed by atoms with E-state index < -0.39 is 28.4 Å². The summed E-state index contributed by atoms with van der Waals surface area (Å²) in [5, 5.41) is 2.52. The van der Waals surface area contributed by atoms with Crippen molar-refractivity contribution in [2.45, 2.75) is 4.90 Å². The number of amides is 1. The number of likely N-dealkylation sites (N-methyl/N-ethyl adjacent to an activating group) is 1. The van der Waals surface area contributed by atoms with E-state index in [9.17, 15) is 18.0 Å². The summed E-state index contributed by atoms with van der Waals surface area (Å²) in [6.45, 7) is -0.460. The molecule has 0 aromatic heterocycles. The molecule has 28 heavy (non-hydrogen) atoms. The van der Waals surface area contributed by atoms with Crippen molar-refractivity contribution in [3.63, 3.8) is 0 Å². The lowest BCUT2D eigenvalue weighted by Crippen LogP contribution is -2.35. The van der Waals surface area contributed by atoms with Crippen LogP contribution in [0, 0.1) is 0 Å². The van der Waals surface area contributed by atoms with Gasteiger partial charge in [0, 0.05) is 18.8 Å². The SMILES string of the molecule is COC(=O)c1ccc(Cl)c(S(=O)(=O)N(C)CC(=O)Nc2cccc(OC)c2)c1. The fraction of sp³-hybridized carbons (Fsp3) is 0.222. The highest BCUT2D eigenvalue weighted by Gasteiger charge is 2.26. The zero-order chi connectivity index (χ0) is 20.9. The van der Waals surface area contributed by atoms with Crippen LogP contribution in [-0.2, 0) is 19.6 Å². The minimum Gasteiger partial charge on any atom is -0.497 e. The maximum Gasteiger partial charge on any atom is 0.337 e. The number of rotatable bonds is 7. The third kappa shape index (κ3) is 5.00. The van der Waals surface area contributed by atoms with E-state index in [1.807, 2.05) is 0 Å². The second-order valence-electron chi connectivity index (χ2n) is 5.68. The maximum absolute atomic E-state index is 12.8. The largest absolute Gasteiger partial charge is 0.497 e. The highest BCUT2D eigenvalue weighted by molar-refractivity contribution is 7.89. The zero-order valence-corrected chi connectivity index (χ0v) is 17.0. The molecule has 2 aromatic rings. The summed E-state index contributed by atoms with van der Waals surface area (Å²) in [5.41, 5.74) is 0.487. The molecule has 0 spiro atoms. The summed E-state index contributed by atoms with van der Waals surface area (Å²) in [6.07, 6.45) is 0. The number of nitrogens with one attached hydrogen (secondary N) is 1. The van der Waals surface area contributed by atoms with Gasteiger partial charge in [0.2, 0.25) is 15.9 Å². The molecular formula is C18H19ClN2O6S. The predicted molar refractivity (Wildman–Crippen MR) is 104 cm³/mol. The first-order valence-electron chi connectivity index (χ1n) is 7.97. The minimum absolute atomic E-state index is 0.0275. The molecule has 0 aliphatic rings. The van der Waals surface area contributed by atoms with Crippen LogP contribution in [0.15, 0.2) is 47.4 Å². The third-order valence-electron chi connectivity index (χ3n) is 3.76. The van der Waals surface area contributed by atoms with Crippen molar-refractivity contribution in [2.75, 3.05) is 33.1 Å². The van der Waals surface area contributed by atoms with Gasteiger partial charge in [-0.05, 0) is 30.3 Å². The van der Waals surface area contributed by atoms with E-state index in [1.54, 1.807) is 24.3 Å². The van der Waals surface area contributed by atoms with E-state index in [1.165, 1.54) is 33.4 Å². The van der Waals surface area contributed by atoms with Crippen molar-refractivity contribution in [3.05, 3.63) is 53.1 Å². The van der Waals surface area contributed by atoms with Gasteiger partial charge in [-0.2, -0.15) is 4.31 Å².